The summed E-state index contributed by atoms with van der Waals surface area (Å²) in [5, 5.41) is 13.5. The smallest absolute Gasteiger partial charge is 0.127 e. The van der Waals surface area contributed by atoms with Gasteiger partial charge in [0.2, 0.25) is 0 Å². The molecule has 0 saturated carbocycles. The number of benzene rings is 5. The average Bonchev–Trinajstić information content (AvgIpc) is 3.52. The van der Waals surface area contributed by atoms with Gasteiger partial charge in [-0.15, -0.1) is 35.6 Å². The predicted octanol–water partition coefficient (Wildman–Crippen LogP) is 13.7. The topological polar surface area (TPSA) is 46.0 Å². The van der Waals surface area contributed by atoms with Crippen LogP contribution in [-0.2, 0) is 31.9 Å². The quantitative estimate of drug-likeness (QED) is 0.175. The van der Waals surface area contributed by atoms with Crippen LogP contribution in [0, 0.1) is 18.8 Å². The van der Waals surface area contributed by atoms with Crippen LogP contribution in [0.1, 0.15) is 58.4 Å². The van der Waals surface area contributed by atoms with Crippen LogP contribution >= 0.6 is 11.3 Å². The molecule has 0 radical (unpaired) electrons. The van der Waals surface area contributed by atoms with E-state index in [-0.39, 0.29) is 37.6 Å². The molecule has 0 spiro atoms. The largest absolute Gasteiger partial charge is 0.507 e. The SMILES string of the molecule is Cc1cc(-c2cccc3c2sc2ccccc23)cc(-c2[c-]c(-c3cc(-c4cc(C(C)(C)C)cc(C(C)(C)C)c4)cc(-c4ccc(F)cc4O)n3)ccc2)n1.[Pt]. The van der Waals surface area contributed by atoms with Gasteiger partial charge in [0.15, 0.2) is 0 Å². The molecule has 278 valence electrons. The van der Waals surface area contributed by atoms with Crippen molar-refractivity contribution < 1.29 is 30.6 Å². The number of hydrogen-bond acceptors (Lipinski definition) is 4. The van der Waals surface area contributed by atoms with E-state index in [0.29, 0.717) is 17.0 Å². The number of rotatable bonds is 5. The van der Waals surface area contributed by atoms with E-state index in [4.69, 9.17) is 9.97 Å². The van der Waals surface area contributed by atoms with Crippen LogP contribution in [0.25, 0.3) is 76.2 Å². The Balaban J connectivity index is 0.00000465. The summed E-state index contributed by atoms with van der Waals surface area (Å²) in [4.78, 5) is 10.1. The normalized spacial score (nSPS) is 11.9. The van der Waals surface area contributed by atoms with E-state index >= 15 is 0 Å². The first-order valence-corrected chi connectivity index (χ1v) is 19.1. The number of aromatic nitrogens is 2. The molecule has 3 aromatic heterocycles. The van der Waals surface area contributed by atoms with Gasteiger partial charge >= 0.3 is 0 Å². The van der Waals surface area contributed by atoms with Crippen molar-refractivity contribution in [3.05, 3.63) is 150 Å². The summed E-state index contributed by atoms with van der Waals surface area (Å²) in [5.74, 6) is -0.665. The molecule has 8 rings (SSSR count). The van der Waals surface area contributed by atoms with Gasteiger partial charge < -0.3 is 5.11 Å². The minimum atomic E-state index is -0.505. The molecule has 0 atom stereocenters. The first-order valence-electron chi connectivity index (χ1n) is 18.3. The molecule has 0 fully saturated rings. The average molecular weight is 921 g/mol. The summed E-state index contributed by atoms with van der Waals surface area (Å²) in [6, 6.07) is 44.1. The number of nitrogens with zero attached hydrogens (tertiary/aromatic N) is 2. The molecule has 55 heavy (non-hydrogen) atoms. The minimum Gasteiger partial charge on any atom is -0.507 e. The third-order valence-corrected chi connectivity index (χ3v) is 11.3. The van der Waals surface area contributed by atoms with Gasteiger partial charge in [-0.1, -0.05) is 119 Å². The molecule has 0 aliphatic carbocycles. The molecule has 0 unspecified atom stereocenters. The van der Waals surface area contributed by atoms with Crippen molar-refractivity contribution in [2.24, 2.45) is 0 Å². The molecule has 0 bridgehead atoms. The van der Waals surface area contributed by atoms with Crippen molar-refractivity contribution in [2.45, 2.75) is 59.3 Å². The number of aromatic hydroxyl groups is 1. The number of halogens is 1. The van der Waals surface area contributed by atoms with Crippen LogP contribution < -0.4 is 0 Å². The Morgan fingerprint density at radius 1 is 0.582 bits per heavy atom. The van der Waals surface area contributed by atoms with E-state index in [1.807, 2.05) is 42.5 Å². The van der Waals surface area contributed by atoms with Crippen molar-refractivity contribution >= 4 is 31.5 Å². The predicted molar refractivity (Wildman–Crippen MR) is 225 cm³/mol. The fourth-order valence-electron chi connectivity index (χ4n) is 7.06. The molecule has 0 aliphatic heterocycles. The van der Waals surface area contributed by atoms with E-state index in [0.717, 1.165) is 45.3 Å². The Labute approximate surface area is 341 Å². The molecule has 3 nitrogen and oxygen atoms in total. The van der Waals surface area contributed by atoms with Gasteiger partial charge in [-0.2, -0.15) is 0 Å². The summed E-state index contributed by atoms with van der Waals surface area (Å²) in [5.41, 5.74) is 11.7. The Bertz CT molecular complexity index is 2700. The van der Waals surface area contributed by atoms with E-state index in [2.05, 4.69) is 126 Å². The Morgan fingerprint density at radius 3 is 1.87 bits per heavy atom. The number of phenols is 1. The zero-order chi connectivity index (χ0) is 37.9. The fourth-order valence-corrected chi connectivity index (χ4v) is 8.30. The number of hydrogen-bond donors (Lipinski definition) is 1. The number of fused-ring (bicyclic) bond motifs is 3. The van der Waals surface area contributed by atoms with Gasteiger partial charge in [-0.25, -0.2) is 4.39 Å². The number of thiophene rings is 1. The van der Waals surface area contributed by atoms with Crippen molar-refractivity contribution in [1.29, 1.82) is 0 Å². The molecule has 5 aromatic carbocycles. The van der Waals surface area contributed by atoms with E-state index < -0.39 is 5.82 Å². The van der Waals surface area contributed by atoms with Crippen molar-refractivity contribution in [2.75, 3.05) is 0 Å². The molecular formula is C49H42FN2OPtS-. The number of phenolic OH excluding ortho intramolecular Hbond substituents is 1. The maximum atomic E-state index is 14.2. The van der Waals surface area contributed by atoms with Crippen LogP contribution in [-0.4, -0.2) is 15.1 Å². The molecule has 8 aromatic rings. The second-order valence-electron chi connectivity index (χ2n) is 16.2. The van der Waals surface area contributed by atoms with Crippen molar-refractivity contribution in [3.8, 4) is 61.8 Å². The maximum absolute atomic E-state index is 14.2. The second-order valence-corrected chi connectivity index (χ2v) is 17.3. The van der Waals surface area contributed by atoms with Gasteiger partial charge in [-0.05, 0) is 81.5 Å². The van der Waals surface area contributed by atoms with Crippen molar-refractivity contribution in [3.63, 3.8) is 0 Å². The molecule has 0 saturated heterocycles. The third kappa shape index (κ3) is 7.66. The molecule has 6 heteroatoms. The van der Waals surface area contributed by atoms with Gasteiger partial charge in [-0.3, -0.25) is 9.97 Å². The van der Waals surface area contributed by atoms with Gasteiger partial charge in [0.1, 0.15) is 11.6 Å². The van der Waals surface area contributed by atoms with E-state index in [9.17, 15) is 9.50 Å². The summed E-state index contributed by atoms with van der Waals surface area (Å²) in [7, 11) is 0. The zero-order valence-electron chi connectivity index (χ0n) is 32.0. The minimum absolute atomic E-state index is 0. The first kappa shape index (κ1) is 38.3. The maximum Gasteiger partial charge on any atom is 0.127 e. The van der Waals surface area contributed by atoms with E-state index in [1.54, 1.807) is 6.07 Å². The summed E-state index contributed by atoms with van der Waals surface area (Å²) < 4.78 is 16.7. The van der Waals surface area contributed by atoms with Crippen molar-refractivity contribution in [1.82, 2.24) is 9.97 Å². The summed E-state index contributed by atoms with van der Waals surface area (Å²) in [6.07, 6.45) is 0. The Morgan fingerprint density at radius 2 is 1.18 bits per heavy atom. The Kier molecular flexibility index (Phi) is 10.2. The fraction of sp³-hybridized carbons (Fsp3) is 0.184. The van der Waals surface area contributed by atoms with Crippen LogP contribution in [0.5, 0.6) is 5.75 Å². The summed E-state index contributed by atoms with van der Waals surface area (Å²) >= 11 is 1.82. The van der Waals surface area contributed by atoms with Crippen LogP contribution in [0.2, 0.25) is 0 Å². The van der Waals surface area contributed by atoms with Crippen LogP contribution in [0.3, 0.4) is 0 Å². The standard InChI is InChI=1S/C49H42FN2OS.Pt/c1-29-20-34(38-15-11-16-40-39-14-8-9-17-46(39)54-47(38)40)26-42(51-29)30-12-10-13-31(21-30)43-24-33(25-44(52-43)41-19-18-37(50)28-45(41)53)32-22-35(48(2,3)4)27-36(23-32)49(5,6)7;/h8-20,22-28,53H,1-7H3;/q-1;. The second kappa shape index (κ2) is 14.6. The van der Waals surface area contributed by atoms with E-state index in [1.165, 1.54) is 42.9 Å². The first-order chi connectivity index (χ1) is 25.7. The Hall–Kier alpha value is -4.96. The monoisotopic (exact) mass is 920 g/mol. The molecule has 1 N–H and O–H groups in total. The van der Waals surface area contributed by atoms with Crippen LogP contribution in [0.15, 0.2) is 121 Å². The third-order valence-electron chi connectivity index (χ3n) is 10.1. The van der Waals surface area contributed by atoms with Gasteiger partial charge in [0, 0.05) is 69.9 Å². The van der Waals surface area contributed by atoms with Crippen LogP contribution in [0.4, 0.5) is 4.39 Å². The van der Waals surface area contributed by atoms with Gasteiger partial charge in [0.05, 0.1) is 5.69 Å². The number of aryl methyl sites for hydroxylation is 1. The molecule has 0 aliphatic rings. The summed E-state index contributed by atoms with van der Waals surface area (Å²) in [6.45, 7) is 15.4. The number of pyridine rings is 2. The molecule has 3 heterocycles. The molecular weight excluding hydrogens is 879 g/mol. The molecule has 0 amide bonds. The zero-order valence-corrected chi connectivity index (χ0v) is 35.1. The van der Waals surface area contributed by atoms with Gasteiger partial charge in [0.25, 0.3) is 0 Å².